The molecule has 0 aliphatic carbocycles. The molecule has 1 N–H and O–H groups in total. The molecule has 0 aromatic heterocycles. The van der Waals surface area contributed by atoms with Crippen molar-refractivity contribution in [2.75, 3.05) is 13.7 Å². The lowest BCUT2D eigenvalue weighted by atomic mass is 10.2. The molecule has 1 aromatic rings. The van der Waals surface area contributed by atoms with Gasteiger partial charge >= 0.3 is 5.97 Å². The quantitative estimate of drug-likeness (QED) is 0.853. The van der Waals surface area contributed by atoms with Gasteiger partial charge in [-0.25, -0.2) is 4.39 Å². The van der Waals surface area contributed by atoms with Crippen molar-refractivity contribution in [3.8, 4) is 5.75 Å². The molecule has 2 unspecified atom stereocenters. The maximum atomic E-state index is 13.1. The van der Waals surface area contributed by atoms with Crippen LogP contribution < -0.4 is 10.1 Å². The van der Waals surface area contributed by atoms with E-state index < -0.39 is 5.82 Å². The summed E-state index contributed by atoms with van der Waals surface area (Å²) >= 11 is 5.90. The number of benzene rings is 1. The van der Waals surface area contributed by atoms with Crippen LogP contribution in [-0.2, 0) is 9.53 Å². The van der Waals surface area contributed by atoms with Crippen molar-refractivity contribution >= 4 is 17.6 Å². The lowest BCUT2D eigenvalue weighted by Gasteiger charge is -2.14. The number of carbonyl (C=O) groups excluding carboxylic acids is 1. The van der Waals surface area contributed by atoms with Crippen molar-refractivity contribution in [1.82, 2.24) is 5.32 Å². The van der Waals surface area contributed by atoms with Gasteiger partial charge in [0.05, 0.1) is 12.1 Å². The molecule has 1 aromatic carbocycles. The summed E-state index contributed by atoms with van der Waals surface area (Å²) in [4.78, 5) is 11.3. The van der Waals surface area contributed by atoms with Gasteiger partial charge in [0.15, 0.2) is 0 Å². The molecule has 1 saturated heterocycles. The third-order valence-electron chi connectivity index (χ3n) is 2.76. The number of halogens is 2. The fourth-order valence-electron chi connectivity index (χ4n) is 1.86. The minimum absolute atomic E-state index is 0.228. The summed E-state index contributed by atoms with van der Waals surface area (Å²) in [6.45, 7) is 0.493. The molecule has 98 valence electrons. The Morgan fingerprint density at radius 2 is 2.33 bits per heavy atom. The standard InChI is InChI=1S/C12H13ClFNO3/c1-17-12(16)10-5-8(6-15-10)18-11-4-7(14)2-3-9(11)13/h2-4,8,10,15H,5-6H2,1H3. The molecule has 0 bridgehead atoms. The third-order valence-corrected chi connectivity index (χ3v) is 3.08. The van der Waals surface area contributed by atoms with E-state index >= 15 is 0 Å². The van der Waals surface area contributed by atoms with Gasteiger partial charge in [0.25, 0.3) is 0 Å². The summed E-state index contributed by atoms with van der Waals surface area (Å²) in [7, 11) is 1.33. The monoisotopic (exact) mass is 273 g/mol. The van der Waals surface area contributed by atoms with E-state index in [1.54, 1.807) is 0 Å². The van der Waals surface area contributed by atoms with Crippen molar-refractivity contribution in [3.63, 3.8) is 0 Å². The Labute approximate surface area is 109 Å². The van der Waals surface area contributed by atoms with Crippen LogP contribution in [0.2, 0.25) is 5.02 Å². The first-order valence-corrected chi connectivity index (χ1v) is 5.91. The first-order chi connectivity index (χ1) is 8.60. The number of methoxy groups -OCH3 is 1. The summed E-state index contributed by atoms with van der Waals surface area (Å²) in [5.41, 5.74) is 0. The number of esters is 1. The lowest BCUT2D eigenvalue weighted by Crippen LogP contribution is -2.31. The summed E-state index contributed by atoms with van der Waals surface area (Å²) in [6, 6.07) is 3.55. The van der Waals surface area contributed by atoms with E-state index in [2.05, 4.69) is 10.1 Å². The second kappa shape index (κ2) is 5.54. The van der Waals surface area contributed by atoms with Crippen LogP contribution in [0.25, 0.3) is 0 Å². The second-order valence-electron chi connectivity index (χ2n) is 4.03. The number of ether oxygens (including phenoxy) is 2. The maximum Gasteiger partial charge on any atom is 0.323 e. The van der Waals surface area contributed by atoms with Crippen LogP contribution >= 0.6 is 11.6 Å². The van der Waals surface area contributed by atoms with Crippen LogP contribution in [-0.4, -0.2) is 31.8 Å². The van der Waals surface area contributed by atoms with E-state index in [1.165, 1.54) is 25.3 Å². The molecule has 2 rings (SSSR count). The maximum absolute atomic E-state index is 13.1. The van der Waals surface area contributed by atoms with Crippen molar-refractivity contribution in [1.29, 1.82) is 0 Å². The third kappa shape index (κ3) is 2.91. The van der Waals surface area contributed by atoms with E-state index in [0.717, 1.165) is 0 Å². The van der Waals surface area contributed by atoms with Gasteiger partial charge < -0.3 is 14.8 Å². The van der Waals surface area contributed by atoms with Gasteiger partial charge in [0.2, 0.25) is 0 Å². The first-order valence-electron chi connectivity index (χ1n) is 5.53. The molecule has 4 nitrogen and oxygen atoms in total. The van der Waals surface area contributed by atoms with Gasteiger partial charge in [-0.3, -0.25) is 4.79 Å². The van der Waals surface area contributed by atoms with E-state index in [4.69, 9.17) is 16.3 Å². The predicted octanol–water partition coefficient (Wildman–Crippen LogP) is 1.76. The van der Waals surface area contributed by atoms with E-state index in [-0.39, 0.29) is 23.9 Å². The largest absolute Gasteiger partial charge is 0.487 e. The average Bonchev–Trinajstić information content (AvgIpc) is 2.81. The van der Waals surface area contributed by atoms with Gasteiger partial charge in [-0.05, 0) is 12.1 Å². The number of hydrogen-bond acceptors (Lipinski definition) is 4. The molecule has 0 radical (unpaired) electrons. The van der Waals surface area contributed by atoms with Gasteiger partial charge in [-0.1, -0.05) is 11.6 Å². The normalized spacial score (nSPS) is 22.8. The lowest BCUT2D eigenvalue weighted by molar-refractivity contribution is -0.142. The zero-order valence-corrected chi connectivity index (χ0v) is 10.5. The van der Waals surface area contributed by atoms with Crippen molar-refractivity contribution < 1.29 is 18.7 Å². The summed E-state index contributed by atoms with van der Waals surface area (Å²) in [5, 5.41) is 3.32. The van der Waals surface area contributed by atoms with Gasteiger partial charge in [0.1, 0.15) is 23.7 Å². The Morgan fingerprint density at radius 1 is 1.56 bits per heavy atom. The fraction of sp³-hybridized carbons (Fsp3) is 0.417. The Bertz CT molecular complexity index is 455. The molecule has 0 saturated carbocycles. The summed E-state index contributed by atoms with van der Waals surface area (Å²) in [5.74, 6) is -0.453. The Hall–Kier alpha value is -1.33. The number of nitrogens with one attached hydrogen (secondary N) is 1. The zero-order chi connectivity index (χ0) is 13.1. The Morgan fingerprint density at radius 3 is 3.06 bits per heavy atom. The van der Waals surface area contributed by atoms with Gasteiger partial charge in [0, 0.05) is 19.0 Å². The SMILES string of the molecule is COC(=O)C1CC(Oc2cc(F)ccc2Cl)CN1. The topological polar surface area (TPSA) is 47.6 Å². The second-order valence-corrected chi connectivity index (χ2v) is 4.44. The molecule has 1 aliphatic heterocycles. The molecule has 1 heterocycles. The van der Waals surface area contributed by atoms with Crippen molar-refractivity contribution in [2.45, 2.75) is 18.6 Å². The fourth-order valence-corrected chi connectivity index (χ4v) is 2.02. The Balaban J connectivity index is 1.99. The highest BCUT2D eigenvalue weighted by molar-refractivity contribution is 6.32. The molecular formula is C12H13ClFNO3. The van der Waals surface area contributed by atoms with E-state index in [0.29, 0.717) is 18.0 Å². The average molecular weight is 274 g/mol. The molecule has 2 atom stereocenters. The number of hydrogen-bond donors (Lipinski definition) is 1. The zero-order valence-electron chi connectivity index (χ0n) is 9.78. The Kier molecular flexibility index (Phi) is 4.04. The number of carbonyl (C=O) groups is 1. The minimum atomic E-state index is -0.412. The van der Waals surface area contributed by atoms with Crippen LogP contribution in [0, 0.1) is 5.82 Å². The van der Waals surface area contributed by atoms with Crippen molar-refractivity contribution in [3.05, 3.63) is 29.0 Å². The van der Waals surface area contributed by atoms with Gasteiger partial charge in [-0.2, -0.15) is 0 Å². The van der Waals surface area contributed by atoms with Crippen LogP contribution in [0.5, 0.6) is 5.75 Å². The van der Waals surface area contributed by atoms with Crippen LogP contribution in [0.15, 0.2) is 18.2 Å². The molecule has 1 fully saturated rings. The molecule has 0 spiro atoms. The highest BCUT2D eigenvalue weighted by atomic mass is 35.5. The highest BCUT2D eigenvalue weighted by Crippen LogP contribution is 2.27. The van der Waals surface area contributed by atoms with E-state index in [1.807, 2.05) is 0 Å². The molecule has 18 heavy (non-hydrogen) atoms. The van der Waals surface area contributed by atoms with Crippen LogP contribution in [0.1, 0.15) is 6.42 Å². The molecule has 0 amide bonds. The van der Waals surface area contributed by atoms with Crippen LogP contribution in [0.3, 0.4) is 0 Å². The smallest absolute Gasteiger partial charge is 0.323 e. The van der Waals surface area contributed by atoms with Crippen molar-refractivity contribution in [2.24, 2.45) is 0 Å². The molecule has 1 aliphatic rings. The van der Waals surface area contributed by atoms with Gasteiger partial charge in [-0.15, -0.1) is 0 Å². The first kappa shape index (κ1) is 13.1. The van der Waals surface area contributed by atoms with Crippen LogP contribution in [0.4, 0.5) is 4.39 Å². The molecule has 6 heteroatoms. The predicted molar refractivity (Wildman–Crippen MR) is 64.2 cm³/mol. The van der Waals surface area contributed by atoms with E-state index in [9.17, 15) is 9.18 Å². The highest BCUT2D eigenvalue weighted by Gasteiger charge is 2.31. The molecular weight excluding hydrogens is 261 g/mol. The minimum Gasteiger partial charge on any atom is -0.487 e. The summed E-state index contributed by atoms with van der Waals surface area (Å²) < 4.78 is 23.3. The summed E-state index contributed by atoms with van der Waals surface area (Å²) in [6.07, 6.45) is 0.243. The number of rotatable bonds is 3.